The highest BCUT2D eigenvalue weighted by Crippen LogP contribution is 2.20. The number of anilines is 1. The Morgan fingerprint density at radius 3 is 2.67 bits per heavy atom. The fourth-order valence-electron chi connectivity index (χ4n) is 2.32. The first-order valence-electron chi connectivity index (χ1n) is 7.25. The number of rotatable bonds is 7. The van der Waals surface area contributed by atoms with Crippen LogP contribution in [0.25, 0.3) is 10.9 Å². The number of aromatic carboxylic acids is 1. The van der Waals surface area contributed by atoms with Gasteiger partial charge in [-0.15, -0.1) is 0 Å². The Morgan fingerprint density at radius 2 is 2.00 bits per heavy atom. The molecule has 2 aromatic rings. The third-order valence-electron chi connectivity index (χ3n) is 3.58. The van der Waals surface area contributed by atoms with Crippen LogP contribution >= 0.6 is 0 Å². The Labute approximate surface area is 124 Å². The number of likely N-dealkylation sites (N-methyl/N-ethyl adjacent to an activating group) is 1. The molecule has 0 spiro atoms. The van der Waals surface area contributed by atoms with Crippen molar-refractivity contribution in [2.45, 2.75) is 13.8 Å². The normalized spacial score (nSPS) is 11.0. The van der Waals surface area contributed by atoms with Crippen molar-refractivity contribution in [2.75, 3.05) is 31.5 Å². The SMILES string of the molecule is CCN(CC)CCNc1cc(C(=O)O)c2ccccc2n1. The van der Waals surface area contributed by atoms with Gasteiger partial charge in [-0.1, -0.05) is 32.0 Å². The molecule has 0 aliphatic rings. The second-order valence-electron chi connectivity index (χ2n) is 4.83. The minimum absolute atomic E-state index is 0.283. The molecule has 0 fully saturated rings. The number of nitrogens with one attached hydrogen (secondary N) is 1. The van der Waals surface area contributed by atoms with Crippen molar-refractivity contribution in [3.05, 3.63) is 35.9 Å². The van der Waals surface area contributed by atoms with Gasteiger partial charge in [0, 0.05) is 18.5 Å². The average molecular weight is 287 g/mol. The zero-order valence-corrected chi connectivity index (χ0v) is 12.5. The van der Waals surface area contributed by atoms with E-state index in [0.29, 0.717) is 16.7 Å². The molecule has 0 amide bonds. The van der Waals surface area contributed by atoms with Crippen molar-refractivity contribution >= 4 is 22.7 Å². The summed E-state index contributed by atoms with van der Waals surface area (Å²) in [4.78, 5) is 18.1. The summed E-state index contributed by atoms with van der Waals surface area (Å²) in [6.07, 6.45) is 0. The van der Waals surface area contributed by atoms with Gasteiger partial charge in [0.1, 0.15) is 5.82 Å². The molecule has 1 heterocycles. The topological polar surface area (TPSA) is 65.5 Å². The minimum Gasteiger partial charge on any atom is -0.478 e. The zero-order valence-electron chi connectivity index (χ0n) is 12.5. The molecule has 0 unspecified atom stereocenters. The summed E-state index contributed by atoms with van der Waals surface area (Å²) in [5.41, 5.74) is 0.980. The monoisotopic (exact) mass is 287 g/mol. The van der Waals surface area contributed by atoms with E-state index in [1.165, 1.54) is 0 Å². The number of benzene rings is 1. The summed E-state index contributed by atoms with van der Waals surface area (Å²) in [6, 6.07) is 8.90. The van der Waals surface area contributed by atoms with Crippen LogP contribution in [0.2, 0.25) is 0 Å². The van der Waals surface area contributed by atoms with E-state index in [-0.39, 0.29) is 5.56 Å². The highest BCUT2D eigenvalue weighted by Gasteiger charge is 2.11. The van der Waals surface area contributed by atoms with Gasteiger partial charge in [0.25, 0.3) is 0 Å². The lowest BCUT2D eigenvalue weighted by molar-refractivity contribution is 0.0699. The maximum Gasteiger partial charge on any atom is 0.336 e. The molecule has 0 saturated heterocycles. The van der Waals surface area contributed by atoms with Crippen molar-refractivity contribution in [1.29, 1.82) is 0 Å². The third-order valence-corrected chi connectivity index (χ3v) is 3.58. The highest BCUT2D eigenvalue weighted by atomic mass is 16.4. The number of hydrogen-bond donors (Lipinski definition) is 2. The lowest BCUT2D eigenvalue weighted by atomic mass is 10.1. The van der Waals surface area contributed by atoms with Crippen molar-refractivity contribution in [3.8, 4) is 0 Å². The highest BCUT2D eigenvalue weighted by molar-refractivity contribution is 6.03. The van der Waals surface area contributed by atoms with Crippen molar-refractivity contribution in [1.82, 2.24) is 9.88 Å². The second kappa shape index (κ2) is 7.04. The maximum atomic E-state index is 11.4. The second-order valence-corrected chi connectivity index (χ2v) is 4.83. The lowest BCUT2D eigenvalue weighted by Crippen LogP contribution is -2.28. The molecule has 21 heavy (non-hydrogen) atoms. The molecule has 2 rings (SSSR count). The van der Waals surface area contributed by atoms with Gasteiger partial charge in [0.15, 0.2) is 0 Å². The van der Waals surface area contributed by atoms with E-state index in [9.17, 15) is 9.90 Å². The van der Waals surface area contributed by atoms with Gasteiger partial charge in [-0.2, -0.15) is 0 Å². The standard InChI is InChI=1S/C16H21N3O2/c1-3-19(4-2)10-9-17-15-11-13(16(20)21)12-7-5-6-8-14(12)18-15/h5-8,11H,3-4,9-10H2,1-2H3,(H,17,18)(H,20,21). The molecule has 0 saturated carbocycles. The maximum absolute atomic E-state index is 11.4. The van der Waals surface area contributed by atoms with Crippen LogP contribution in [0.5, 0.6) is 0 Å². The Morgan fingerprint density at radius 1 is 1.29 bits per heavy atom. The van der Waals surface area contributed by atoms with Gasteiger partial charge in [-0.05, 0) is 25.2 Å². The molecule has 5 heteroatoms. The van der Waals surface area contributed by atoms with Crippen LogP contribution in [0, 0.1) is 0 Å². The molecule has 1 aromatic heterocycles. The Bertz CT molecular complexity index is 624. The smallest absolute Gasteiger partial charge is 0.336 e. The molecule has 2 N–H and O–H groups in total. The molecule has 1 aromatic carbocycles. The number of carboxylic acids is 1. The van der Waals surface area contributed by atoms with Crippen LogP contribution in [-0.2, 0) is 0 Å². The summed E-state index contributed by atoms with van der Waals surface area (Å²) in [5, 5.41) is 13.2. The van der Waals surface area contributed by atoms with E-state index < -0.39 is 5.97 Å². The summed E-state index contributed by atoms with van der Waals surface area (Å²) >= 11 is 0. The quantitative estimate of drug-likeness (QED) is 0.819. The van der Waals surface area contributed by atoms with Crippen LogP contribution in [0.15, 0.2) is 30.3 Å². The van der Waals surface area contributed by atoms with E-state index in [1.807, 2.05) is 18.2 Å². The van der Waals surface area contributed by atoms with E-state index >= 15 is 0 Å². The fourth-order valence-corrected chi connectivity index (χ4v) is 2.32. The summed E-state index contributed by atoms with van der Waals surface area (Å²) in [7, 11) is 0. The van der Waals surface area contributed by atoms with E-state index in [2.05, 4.69) is 29.0 Å². The number of carbonyl (C=O) groups is 1. The molecule has 0 aliphatic carbocycles. The molecule has 0 atom stereocenters. The number of aromatic nitrogens is 1. The molecule has 0 radical (unpaired) electrons. The number of carboxylic acid groups (broad SMARTS) is 1. The predicted octanol–water partition coefficient (Wildman–Crippen LogP) is 2.69. The van der Waals surface area contributed by atoms with Crippen LogP contribution in [0.4, 0.5) is 5.82 Å². The van der Waals surface area contributed by atoms with Crippen molar-refractivity contribution < 1.29 is 9.90 Å². The average Bonchev–Trinajstić information content (AvgIpc) is 2.50. The van der Waals surface area contributed by atoms with Gasteiger partial charge < -0.3 is 15.3 Å². The Kier molecular flexibility index (Phi) is 5.11. The number of nitrogens with zero attached hydrogens (tertiary/aromatic N) is 2. The van der Waals surface area contributed by atoms with E-state index in [0.717, 1.165) is 26.2 Å². The largest absolute Gasteiger partial charge is 0.478 e. The van der Waals surface area contributed by atoms with Gasteiger partial charge in [0.2, 0.25) is 0 Å². The van der Waals surface area contributed by atoms with Crippen LogP contribution in [-0.4, -0.2) is 47.1 Å². The number of para-hydroxylation sites is 1. The fraction of sp³-hybridized carbons (Fsp3) is 0.375. The van der Waals surface area contributed by atoms with E-state index in [1.54, 1.807) is 12.1 Å². The number of pyridine rings is 1. The Hall–Kier alpha value is -2.14. The molecular formula is C16H21N3O2. The van der Waals surface area contributed by atoms with Crippen LogP contribution < -0.4 is 5.32 Å². The van der Waals surface area contributed by atoms with Gasteiger partial charge in [0.05, 0.1) is 11.1 Å². The van der Waals surface area contributed by atoms with Gasteiger partial charge in [-0.25, -0.2) is 9.78 Å². The summed E-state index contributed by atoms with van der Waals surface area (Å²) < 4.78 is 0. The molecule has 5 nitrogen and oxygen atoms in total. The minimum atomic E-state index is -0.930. The Balaban J connectivity index is 2.19. The molecular weight excluding hydrogens is 266 g/mol. The summed E-state index contributed by atoms with van der Waals surface area (Å²) in [6.45, 7) is 7.91. The lowest BCUT2D eigenvalue weighted by Gasteiger charge is -2.18. The molecule has 0 aliphatic heterocycles. The first-order chi connectivity index (χ1) is 10.2. The number of fused-ring (bicyclic) bond motifs is 1. The van der Waals surface area contributed by atoms with Gasteiger partial charge in [-0.3, -0.25) is 0 Å². The number of hydrogen-bond acceptors (Lipinski definition) is 4. The van der Waals surface area contributed by atoms with Crippen LogP contribution in [0.3, 0.4) is 0 Å². The first-order valence-corrected chi connectivity index (χ1v) is 7.25. The molecule has 112 valence electrons. The molecule has 0 bridgehead atoms. The van der Waals surface area contributed by atoms with Crippen molar-refractivity contribution in [3.63, 3.8) is 0 Å². The first kappa shape index (κ1) is 15.3. The predicted molar refractivity (Wildman–Crippen MR) is 85.0 cm³/mol. The van der Waals surface area contributed by atoms with E-state index in [4.69, 9.17) is 0 Å². The third kappa shape index (κ3) is 3.70. The van der Waals surface area contributed by atoms with Crippen molar-refractivity contribution in [2.24, 2.45) is 0 Å². The summed E-state index contributed by atoms with van der Waals surface area (Å²) in [5.74, 6) is -0.321. The van der Waals surface area contributed by atoms with Gasteiger partial charge >= 0.3 is 5.97 Å². The zero-order chi connectivity index (χ0) is 15.2. The van der Waals surface area contributed by atoms with Crippen LogP contribution in [0.1, 0.15) is 24.2 Å².